The lowest BCUT2D eigenvalue weighted by molar-refractivity contribution is 0.407. The number of oxazole rings is 1. The highest BCUT2D eigenvalue weighted by molar-refractivity contribution is 5.74. The van der Waals surface area contributed by atoms with Gasteiger partial charge in [0.2, 0.25) is 0 Å². The molecule has 0 amide bonds. The highest BCUT2D eigenvalue weighted by Gasteiger charge is 2.24. The van der Waals surface area contributed by atoms with Crippen molar-refractivity contribution in [3.63, 3.8) is 0 Å². The summed E-state index contributed by atoms with van der Waals surface area (Å²) in [6.45, 7) is 2.02. The molecular formula is C11H13N3O. The standard InChI is InChI=1S/C11H13N3O/c1-14(8-6-12-7-8)11-13-9-4-2-3-5-10(9)15-11/h2-5,8,12H,6-7H2,1H3. The number of hydrogen-bond donors (Lipinski definition) is 1. The molecule has 1 N–H and O–H groups in total. The second-order valence-electron chi connectivity index (χ2n) is 3.89. The number of benzene rings is 1. The third-order valence-corrected chi connectivity index (χ3v) is 2.89. The first-order chi connectivity index (χ1) is 7.34. The fourth-order valence-electron chi connectivity index (χ4n) is 1.71. The topological polar surface area (TPSA) is 41.3 Å². The molecule has 78 valence electrons. The molecule has 0 aliphatic carbocycles. The maximum atomic E-state index is 5.67. The molecule has 4 heteroatoms. The number of anilines is 1. The highest BCUT2D eigenvalue weighted by atomic mass is 16.4. The third kappa shape index (κ3) is 1.37. The van der Waals surface area contributed by atoms with Crippen LogP contribution >= 0.6 is 0 Å². The minimum absolute atomic E-state index is 0.512. The highest BCUT2D eigenvalue weighted by Crippen LogP contribution is 2.22. The molecule has 0 unspecified atom stereocenters. The van der Waals surface area contributed by atoms with Crippen LogP contribution in [0.25, 0.3) is 11.1 Å². The van der Waals surface area contributed by atoms with E-state index in [0.717, 1.165) is 24.2 Å². The molecule has 2 heterocycles. The van der Waals surface area contributed by atoms with Gasteiger partial charge >= 0.3 is 0 Å². The average Bonchev–Trinajstić information content (AvgIpc) is 2.58. The Balaban J connectivity index is 1.96. The maximum Gasteiger partial charge on any atom is 0.298 e. The summed E-state index contributed by atoms with van der Waals surface area (Å²) in [4.78, 5) is 6.54. The van der Waals surface area contributed by atoms with Gasteiger partial charge < -0.3 is 14.6 Å². The predicted octanol–water partition coefficient (Wildman–Crippen LogP) is 1.24. The van der Waals surface area contributed by atoms with Crippen molar-refractivity contribution in [2.75, 3.05) is 25.0 Å². The zero-order valence-electron chi connectivity index (χ0n) is 8.60. The van der Waals surface area contributed by atoms with Crippen molar-refractivity contribution >= 4 is 17.1 Å². The van der Waals surface area contributed by atoms with E-state index in [0.29, 0.717) is 12.1 Å². The zero-order chi connectivity index (χ0) is 10.3. The van der Waals surface area contributed by atoms with Crippen molar-refractivity contribution in [2.45, 2.75) is 6.04 Å². The first kappa shape index (κ1) is 8.73. The van der Waals surface area contributed by atoms with Gasteiger partial charge in [0.15, 0.2) is 5.58 Å². The van der Waals surface area contributed by atoms with Crippen LogP contribution in [-0.2, 0) is 0 Å². The van der Waals surface area contributed by atoms with Crippen molar-refractivity contribution < 1.29 is 4.42 Å². The Hall–Kier alpha value is -1.55. The van der Waals surface area contributed by atoms with Crippen molar-refractivity contribution in [2.24, 2.45) is 0 Å². The van der Waals surface area contributed by atoms with E-state index >= 15 is 0 Å². The Morgan fingerprint density at radius 1 is 1.40 bits per heavy atom. The Labute approximate surface area is 87.9 Å². The van der Waals surface area contributed by atoms with Crippen LogP contribution < -0.4 is 10.2 Å². The van der Waals surface area contributed by atoms with Gasteiger partial charge in [-0.1, -0.05) is 12.1 Å². The Kier molecular flexibility index (Phi) is 1.89. The molecule has 4 nitrogen and oxygen atoms in total. The van der Waals surface area contributed by atoms with Gasteiger partial charge in [0.05, 0.1) is 6.04 Å². The lowest BCUT2D eigenvalue weighted by Gasteiger charge is -2.34. The molecule has 15 heavy (non-hydrogen) atoms. The van der Waals surface area contributed by atoms with E-state index in [1.54, 1.807) is 0 Å². The molecule has 1 aliphatic heterocycles. The molecule has 0 atom stereocenters. The Morgan fingerprint density at radius 3 is 2.87 bits per heavy atom. The molecule has 0 radical (unpaired) electrons. The summed E-state index contributed by atoms with van der Waals surface area (Å²) in [5, 5.41) is 3.23. The number of nitrogens with zero attached hydrogens (tertiary/aromatic N) is 2. The SMILES string of the molecule is CN(c1nc2ccccc2o1)C1CNC1. The molecule has 1 aromatic heterocycles. The number of likely N-dealkylation sites (N-methyl/N-ethyl adjacent to an activating group) is 1. The molecule has 0 saturated carbocycles. The molecule has 0 spiro atoms. The van der Waals surface area contributed by atoms with Crippen molar-refractivity contribution in [1.82, 2.24) is 10.3 Å². The van der Waals surface area contributed by atoms with Gasteiger partial charge in [-0.25, -0.2) is 0 Å². The molecule has 3 rings (SSSR count). The van der Waals surface area contributed by atoms with Crippen LogP contribution in [0, 0.1) is 0 Å². The van der Waals surface area contributed by atoms with Crippen molar-refractivity contribution in [3.05, 3.63) is 24.3 Å². The van der Waals surface area contributed by atoms with Crippen LogP contribution in [0.5, 0.6) is 0 Å². The second-order valence-corrected chi connectivity index (χ2v) is 3.89. The number of fused-ring (bicyclic) bond motifs is 1. The van der Waals surface area contributed by atoms with Gasteiger partial charge in [-0.15, -0.1) is 0 Å². The summed E-state index contributed by atoms with van der Waals surface area (Å²) in [5.41, 5.74) is 1.78. The summed E-state index contributed by atoms with van der Waals surface area (Å²) in [6.07, 6.45) is 0. The van der Waals surface area contributed by atoms with Crippen LogP contribution in [0.3, 0.4) is 0 Å². The molecular weight excluding hydrogens is 190 g/mol. The van der Waals surface area contributed by atoms with Gasteiger partial charge in [-0.05, 0) is 12.1 Å². The van der Waals surface area contributed by atoms with E-state index in [1.165, 1.54) is 0 Å². The van der Waals surface area contributed by atoms with Gasteiger partial charge in [0.25, 0.3) is 6.01 Å². The summed E-state index contributed by atoms with van der Waals surface area (Å²) in [7, 11) is 2.02. The Morgan fingerprint density at radius 2 is 2.20 bits per heavy atom. The van der Waals surface area contributed by atoms with Crippen LogP contribution in [0.15, 0.2) is 28.7 Å². The minimum atomic E-state index is 0.512. The molecule has 1 aromatic carbocycles. The van der Waals surface area contributed by atoms with Crippen LogP contribution in [-0.4, -0.2) is 31.2 Å². The quantitative estimate of drug-likeness (QED) is 0.797. The van der Waals surface area contributed by atoms with Crippen LogP contribution in [0.4, 0.5) is 6.01 Å². The molecule has 1 aliphatic rings. The second kappa shape index (κ2) is 3.24. The summed E-state index contributed by atoms with van der Waals surface area (Å²) in [5.74, 6) is 0. The van der Waals surface area contributed by atoms with E-state index in [9.17, 15) is 0 Å². The van der Waals surface area contributed by atoms with Gasteiger partial charge in [0.1, 0.15) is 5.52 Å². The number of aromatic nitrogens is 1. The Bertz CT molecular complexity index is 442. The lowest BCUT2D eigenvalue weighted by atomic mass is 10.2. The zero-order valence-corrected chi connectivity index (χ0v) is 8.60. The van der Waals surface area contributed by atoms with Crippen LogP contribution in [0.2, 0.25) is 0 Å². The number of nitrogens with one attached hydrogen (secondary N) is 1. The predicted molar refractivity (Wildman–Crippen MR) is 59.1 cm³/mol. The third-order valence-electron chi connectivity index (χ3n) is 2.89. The largest absolute Gasteiger partial charge is 0.423 e. The summed E-state index contributed by atoms with van der Waals surface area (Å²) < 4.78 is 5.67. The van der Waals surface area contributed by atoms with Gasteiger partial charge in [0, 0.05) is 20.1 Å². The van der Waals surface area contributed by atoms with Crippen molar-refractivity contribution in [1.29, 1.82) is 0 Å². The van der Waals surface area contributed by atoms with E-state index in [4.69, 9.17) is 4.42 Å². The fourth-order valence-corrected chi connectivity index (χ4v) is 1.71. The van der Waals surface area contributed by atoms with Crippen molar-refractivity contribution in [3.8, 4) is 0 Å². The molecule has 2 aromatic rings. The van der Waals surface area contributed by atoms with Gasteiger partial charge in [-0.2, -0.15) is 4.98 Å². The minimum Gasteiger partial charge on any atom is -0.423 e. The van der Waals surface area contributed by atoms with E-state index in [1.807, 2.05) is 31.3 Å². The summed E-state index contributed by atoms with van der Waals surface area (Å²) in [6, 6.07) is 9.07. The first-order valence-electron chi connectivity index (χ1n) is 5.14. The average molecular weight is 203 g/mol. The van der Waals surface area contributed by atoms with Crippen LogP contribution in [0.1, 0.15) is 0 Å². The fraction of sp³-hybridized carbons (Fsp3) is 0.364. The van der Waals surface area contributed by atoms with Gasteiger partial charge in [-0.3, -0.25) is 0 Å². The lowest BCUT2D eigenvalue weighted by Crippen LogP contribution is -2.56. The van der Waals surface area contributed by atoms with E-state index < -0.39 is 0 Å². The molecule has 0 bridgehead atoms. The molecule has 1 fully saturated rings. The molecule has 1 saturated heterocycles. The smallest absolute Gasteiger partial charge is 0.298 e. The number of rotatable bonds is 2. The summed E-state index contributed by atoms with van der Waals surface area (Å²) >= 11 is 0. The van der Waals surface area contributed by atoms with E-state index in [-0.39, 0.29) is 0 Å². The van der Waals surface area contributed by atoms with E-state index in [2.05, 4.69) is 15.2 Å². The normalized spacial score (nSPS) is 16.6. The monoisotopic (exact) mass is 203 g/mol. The first-order valence-corrected chi connectivity index (χ1v) is 5.14. The maximum absolute atomic E-state index is 5.67. The number of para-hydroxylation sites is 2. The number of hydrogen-bond acceptors (Lipinski definition) is 4.